The van der Waals surface area contributed by atoms with Crippen molar-refractivity contribution >= 4 is 17.7 Å². The van der Waals surface area contributed by atoms with Gasteiger partial charge in [-0.05, 0) is 46.3 Å². The molecular weight excluding hydrogens is 232 g/mol. The zero-order valence-electron chi connectivity index (χ0n) is 11.5. The Balaban J connectivity index is 2.34. The van der Waals surface area contributed by atoms with Crippen molar-refractivity contribution in [1.82, 2.24) is 10.6 Å². The molecule has 2 N–H and O–H groups in total. The Hall–Kier alpha value is -0.220. The minimum absolute atomic E-state index is 0.0805. The van der Waals surface area contributed by atoms with Crippen molar-refractivity contribution in [1.29, 1.82) is 0 Å². The lowest BCUT2D eigenvalue weighted by molar-refractivity contribution is -0.123. The van der Waals surface area contributed by atoms with E-state index >= 15 is 0 Å². The third-order valence-corrected chi connectivity index (χ3v) is 4.36. The summed E-state index contributed by atoms with van der Waals surface area (Å²) in [5.74, 6) is 0.117. The molecule has 0 bridgehead atoms. The van der Waals surface area contributed by atoms with Crippen molar-refractivity contribution < 1.29 is 4.79 Å². The lowest BCUT2D eigenvalue weighted by atomic mass is 9.94. The van der Waals surface area contributed by atoms with Crippen LogP contribution in [0.4, 0.5) is 0 Å². The number of thioether (sulfide) groups is 1. The third kappa shape index (κ3) is 5.30. The predicted molar refractivity (Wildman–Crippen MR) is 75.4 cm³/mol. The van der Waals surface area contributed by atoms with E-state index < -0.39 is 0 Å². The Morgan fingerprint density at radius 3 is 2.59 bits per heavy atom. The molecular formula is C13H26N2OS. The van der Waals surface area contributed by atoms with E-state index in [0.29, 0.717) is 6.04 Å². The van der Waals surface area contributed by atoms with Gasteiger partial charge in [-0.2, -0.15) is 11.8 Å². The maximum absolute atomic E-state index is 11.8. The Labute approximate surface area is 109 Å². The molecule has 1 saturated carbocycles. The molecule has 0 radical (unpaired) electrons. The number of amides is 1. The number of hydrogen-bond acceptors (Lipinski definition) is 3. The fourth-order valence-corrected chi connectivity index (χ4v) is 3.18. The van der Waals surface area contributed by atoms with Crippen molar-refractivity contribution in [2.75, 3.05) is 6.26 Å². The van der Waals surface area contributed by atoms with Gasteiger partial charge in [0.15, 0.2) is 0 Å². The van der Waals surface area contributed by atoms with Crippen LogP contribution in [0.25, 0.3) is 0 Å². The molecule has 3 unspecified atom stereocenters. The van der Waals surface area contributed by atoms with Crippen LogP contribution < -0.4 is 10.6 Å². The quantitative estimate of drug-likeness (QED) is 0.794. The van der Waals surface area contributed by atoms with Crippen LogP contribution in [0.5, 0.6) is 0 Å². The summed E-state index contributed by atoms with van der Waals surface area (Å²) < 4.78 is 0. The van der Waals surface area contributed by atoms with Gasteiger partial charge in [0.2, 0.25) is 5.91 Å². The molecule has 1 fully saturated rings. The molecule has 100 valence electrons. The standard InChI is InChI=1S/C13H26N2OS/c1-9(2)14-13(16)10(3)15-11-6-5-7-12(8-11)17-4/h9-12,15H,5-8H2,1-4H3,(H,14,16). The van der Waals surface area contributed by atoms with Crippen molar-refractivity contribution in [3.63, 3.8) is 0 Å². The van der Waals surface area contributed by atoms with Gasteiger partial charge in [-0.1, -0.05) is 6.42 Å². The Morgan fingerprint density at radius 1 is 1.29 bits per heavy atom. The van der Waals surface area contributed by atoms with Crippen LogP contribution in [0.2, 0.25) is 0 Å². The zero-order chi connectivity index (χ0) is 12.8. The Morgan fingerprint density at radius 2 is 2.00 bits per heavy atom. The summed E-state index contributed by atoms with van der Waals surface area (Å²) in [6, 6.07) is 0.647. The molecule has 1 aliphatic carbocycles. The molecule has 4 heteroatoms. The molecule has 0 aliphatic heterocycles. The van der Waals surface area contributed by atoms with Crippen LogP contribution in [-0.4, -0.2) is 35.5 Å². The number of rotatable bonds is 5. The van der Waals surface area contributed by atoms with Gasteiger partial charge in [0.1, 0.15) is 0 Å². The first-order valence-corrected chi connectivity index (χ1v) is 7.91. The Bertz CT molecular complexity index is 246. The van der Waals surface area contributed by atoms with Crippen LogP contribution in [0.15, 0.2) is 0 Å². The summed E-state index contributed by atoms with van der Waals surface area (Å²) in [6.45, 7) is 5.95. The largest absolute Gasteiger partial charge is 0.353 e. The van der Waals surface area contributed by atoms with Gasteiger partial charge in [-0.15, -0.1) is 0 Å². The highest BCUT2D eigenvalue weighted by atomic mass is 32.2. The van der Waals surface area contributed by atoms with Crippen LogP contribution in [0.1, 0.15) is 46.5 Å². The van der Waals surface area contributed by atoms with Crippen molar-refractivity contribution in [3.05, 3.63) is 0 Å². The van der Waals surface area contributed by atoms with Crippen LogP contribution in [-0.2, 0) is 4.79 Å². The highest BCUT2D eigenvalue weighted by molar-refractivity contribution is 7.99. The molecule has 0 aromatic carbocycles. The number of hydrogen-bond donors (Lipinski definition) is 2. The fraction of sp³-hybridized carbons (Fsp3) is 0.923. The summed E-state index contributed by atoms with van der Waals surface area (Å²) in [6.07, 6.45) is 7.19. The van der Waals surface area contributed by atoms with Crippen LogP contribution in [0, 0.1) is 0 Å². The van der Waals surface area contributed by atoms with E-state index in [4.69, 9.17) is 0 Å². The minimum Gasteiger partial charge on any atom is -0.353 e. The monoisotopic (exact) mass is 258 g/mol. The summed E-state index contributed by atoms with van der Waals surface area (Å²) in [7, 11) is 0. The minimum atomic E-state index is -0.0805. The zero-order valence-corrected chi connectivity index (χ0v) is 12.3. The molecule has 0 aromatic heterocycles. The van der Waals surface area contributed by atoms with E-state index in [1.165, 1.54) is 25.7 Å². The normalized spacial score (nSPS) is 26.9. The molecule has 1 amide bonds. The van der Waals surface area contributed by atoms with Crippen molar-refractivity contribution in [3.8, 4) is 0 Å². The van der Waals surface area contributed by atoms with Crippen molar-refractivity contribution in [2.45, 2.75) is 69.8 Å². The van der Waals surface area contributed by atoms with E-state index in [-0.39, 0.29) is 18.0 Å². The van der Waals surface area contributed by atoms with E-state index in [1.54, 1.807) is 0 Å². The van der Waals surface area contributed by atoms with E-state index in [2.05, 4.69) is 16.9 Å². The summed E-state index contributed by atoms with van der Waals surface area (Å²) in [5, 5.41) is 7.18. The molecule has 3 nitrogen and oxygen atoms in total. The Kier molecular flexibility index (Phi) is 6.34. The van der Waals surface area contributed by atoms with Gasteiger partial charge in [0.25, 0.3) is 0 Å². The van der Waals surface area contributed by atoms with Gasteiger partial charge < -0.3 is 10.6 Å². The van der Waals surface area contributed by atoms with Gasteiger partial charge in [0.05, 0.1) is 6.04 Å². The molecule has 17 heavy (non-hydrogen) atoms. The second-order valence-corrected chi connectivity index (χ2v) is 6.41. The molecule has 0 aromatic rings. The number of carbonyl (C=O) groups is 1. The number of nitrogens with one attached hydrogen (secondary N) is 2. The second-order valence-electron chi connectivity index (χ2n) is 5.27. The molecule has 1 rings (SSSR count). The maximum atomic E-state index is 11.8. The fourth-order valence-electron chi connectivity index (χ4n) is 2.35. The highest BCUT2D eigenvalue weighted by Crippen LogP contribution is 2.27. The maximum Gasteiger partial charge on any atom is 0.237 e. The average Bonchev–Trinajstić information content (AvgIpc) is 2.28. The molecule has 3 atom stereocenters. The van der Waals surface area contributed by atoms with Crippen LogP contribution in [0.3, 0.4) is 0 Å². The van der Waals surface area contributed by atoms with E-state index in [9.17, 15) is 4.79 Å². The highest BCUT2D eigenvalue weighted by Gasteiger charge is 2.24. The topological polar surface area (TPSA) is 41.1 Å². The molecule has 0 heterocycles. The van der Waals surface area contributed by atoms with Gasteiger partial charge >= 0.3 is 0 Å². The first-order valence-electron chi connectivity index (χ1n) is 6.62. The summed E-state index contributed by atoms with van der Waals surface area (Å²) >= 11 is 1.96. The van der Waals surface area contributed by atoms with Gasteiger partial charge in [-0.25, -0.2) is 0 Å². The molecule has 0 spiro atoms. The summed E-state index contributed by atoms with van der Waals surface area (Å²) in [4.78, 5) is 11.8. The van der Waals surface area contributed by atoms with Gasteiger partial charge in [-0.3, -0.25) is 4.79 Å². The first-order chi connectivity index (χ1) is 8.02. The molecule has 1 aliphatic rings. The predicted octanol–water partition coefficient (Wildman–Crippen LogP) is 2.16. The first kappa shape index (κ1) is 14.8. The molecule has 0 saturated heterocycles. The van der Waals surface area contributed by atoms with E-state index in [1.807, 2.05) is 32.5 Å². The van der Waals surface area contributed by atoms with E-state index in [0.717, 1.165) is 5.25 Å². The SMILES string of the molecule is CSC1CCCC(NC(C)C(=O)NC(C)C)C1. The third-order valence-electron chi connectivity index (χ3n) is 3.27. The lowest BCUT2D eigenvalue weighted by Crippen LogP contribution is -2.49. The lowest BCUT2D eigenvalue weighted by Gasteiger charge is -2.31. The van der Waals surface area contributed by atoms with Gasteiger partial charge in [0, 0.05) is 17.3 Å². The second kappa shape index (κ2) is 7.27. The smallest absolute Gasteiger partial charge is 0.237 e. The van der Waals surface area contributed by atoms with Crippen molar-refractivity contribution in [2.24, 2.45) is 0 Å². The summed E-state index contributed by atoms with van der Waals surface area (Å²) in [5.41, 5.74) is 0. The average molecular weight is 258 g/mol. The van der Waals surface area contributed by atoms with Crippen LogP contribution >= 0.6 is 11.8 Å². The number of carbonyl (C=O) groups excluding carboxylic acids is 1.